The standard InChI is InChI=1S/C30H22Cl2O2/c1-19(23-17-16-22(31)18-28(23)32)30(33)34-29(26-14-6-10-20-8-2-4-12-24(20)26)27-15-7-11-21-9-3-5-13-25(21)27/h2-19,29H,1H3/t19-/m1/s1. The van der Waals surface area contributed by atoms with Crippen LogP contribution in [0.4, 0.5) is 0 Å². The number of carbonyl (C=O) groups is 1. The minimum absolute atomic E-state index is 0.352. The summed E-state index contributed by atoms with van der Waals surface area (Å²) in [6.07, 6.45) is -0.585. The van der Waals surface area contributed by atoms with Gasteiger partial charge in [-0.15, -0.1) is 0 Å². The third-order valence-corrected chi connectivity index (χ3v) is 6.79. The van der Waals surface area contributed by atoms with Crippen LogP contribution in [0.3, 0.4) is 0 Å². The van der Waals surface area contributed by atoms with Crippen molar-refractivity contribution < 1.29 is 9.53 Å². The molecule has 0 fully saturated rings. The fourth-order valence-corrected chi connectivity index (χ4v) is 5.02. The molecule has 0 amide bonds. The smallest absolute Gasteiger partial charge is 0.314 e. The second kappa shape index (κ2) is 9.50. The number of esters is 1. The summed E-state index contributed by atoms with van der Waals surface area (Å²) in [6.45, 7) is 1.81. The number of hydrogen-bond acceptors (Lipinski definition) is 2. The van der Waals surface area contributed by atoms with E-state index in [1.807, 2.05) is 48.5 Å². The average Bonchev–Trinajstić information content (AvgIpc) is 2.86. The molecule has 1 atom stereocenters. The van der Waals surface area contributed by atoms with E-state index in [4.69, 9.17) is 27.9 Å². The third kappa shape index (κ3) is 4.27. The van der Waals surface area contributed by atoms with Crippen LogP contribution < -0.4 is 0 Å². The summed E-state index contributed by atoms with van der Waals surface area (Å²) < 4.78 is 6.31. The Morgan fingerprint density at radius 2 is 1.21 bits per heavy atom. The second-order valence-corrected chi connectivity index (χ2v) is 9.18. The van der Waals surface area contributed by atoms with Gasteiger partial charge in [0.25, 0.3) is 0 Å². The first-order chi connectivity index (χ1) is 16.5. The van der Waals surface area contributed by atoms with Crippen LogP contribution in [0, 0.1) is 0 Å². The zero-order valence-corrected chi connectivity index (χ0v) is 20.1. The Kier molecular flexibility index (Phi) is 6.28. The predicted octanol–water partition coefficient (Wildman–Crippen LogP) is 8.74. The molecule has 0 spiro atoms. The van der Waals surface area contributed by atoms with Crippen molar-refractivity contribution >= 4 is 50.7 Å². The fraction of sp³-hybridized carbons (Fsp3) is 0.100. The van der Waals surface area contributed by atoms with E-state index in [2.05, 4.69) is 36.4 Å². The summed E-state index contributed by atoms with van der Waals surface area (Å²) in [6, 6.07) is 33.7. The van der Waals surface area contributed by atoms with Gasteiger partial charge in [-0.3, -0.25) is 4.79 Å². The average molecular weight is 485 g/mol. The molecule has 0 heterocycles. The van der Waals surface area contributed by atoms with E-state index < -0.39 is 12.0 Å². The first-order valence-corrected chi connectivity index (χ1v) is 11.9. The molecule has 168 valence electrons. The van der Waals surface area contributed by atoms with Crippen molar-refractivity contribution in [2.45, 2.75) is 18.9 Å². The van der Waals surface area contributed by atoms with Gasteiger partial charge in [-0.1, -0.05) is 114 Å². The zero-order valence-electron chi connectivity index (χ0n) is 18.5. The van der Waals surface area contributed by atoms with Crippen molar-refractivity contribution in [3.63, 3.8) is 0 Å². The van der Waals surface area contributed by atoms with Crippen LogP contribution in [0.2, 0.25) is 10.0 Å². The van der Waals surface area contributed by atoms with Crippen molar-refractivity contribution in [3.05, 3.63) is 130 Å². The van der Waals surface area contributed by atoms with Crippen LogP contribution in [0.1, 0.15) is 35.6 Å². The van der Waals surface area contributed by atoms with Crippen LogP contribution in [0.15, 0.2) is 103 Å². The molecule has 2 nitrogen and oxygen atoms in total. The lowest BCUT2D eigenvalue weighted by atomic mass is 9.92. The van der Waals surface area contributed by atoms with Gasteiger partial charge in [-0.05, 0) is 46.2 Å². The molecule has 5 aromatic rings. The summed E-state index contributed by atoms with van der Waals surface area (Å²) in [5, 5.41) is 5.26. The van der Waals surface area contributed by atoms with Crippen LogP contribution in [0.5, 0.6) is 0 Å². The van der Waals surface area contributed by atoms with Crippen LogP contribution in [-0.2, 0) is 9.53 Å². The normalized spacial score (nSPS) is 12.2. The molecular formula is C30H22Cl2O2. The van der Waals surface area contributed by atoms with Crippen molar-refractivity contribution in [3.8, 4) is 0 Å². The van der Waals surface area contributed by atoms with Gasteiger partial charge in [-0.2, -0.15) is 0 Å². The Morgan fingerprint density at radius 1 is 0.676 bits per heavy atom. The first kappa shape index (κ1) is 22.5. The van der Waals surface area contributed by atoms with Gasteiger partial charge in [0, 0.05) is 21.2 Å². The van der Waals surface area contributed by atoms with Gasteiger partial charge in [-0.25, -0.2) is 0 Å². The second-order valence-electron chi connectivity index (χ2n) is 8.34. The van der Waals surface area contributed by atoms with E-state index in [1.165, 1.54) is 0 Å². The maximum atomic E-state index is 13.5. The largest absolute Gasteiger partial charge is 0.452 e. The summed E-state index contributed by atoms with van der Waals surface area (Å²) in [7, 11) is 0. The molecule has 0 bridgehead atoms. The highest BCUT2D eigenvalue weighted by Crippen LogP contribution is 2.37. The van der Waals surface area contributed by atoms with Crippen molar-refractivity contribution in [2.75, 3.05) is 0 Å². The molecule has 4 heteroatoms. The highest BCUT2D eigenvalue weighted by molar-refractivity contribution is 6.35. The minimum Gasteiger partial charge on any atom is -0.452 e. The van der Waals surface area contributed by atoms with Crippen LogP contribution in [0.25, 0.3) is 21.5 Å². The Hall–Kier alpha value is -3.33. The Bertz CT molecular complexity index is 1420. The predicted molar refractivity (Wildman–Crippen MR) is 141 cm³/mol. The molecule has 5 rings (SSSR count). The number of fused-ring (bicyclic) bond motifs is 2. The number of halogens is 2. The monoisotopic (exact) mass is 484 g/mol. The van der Waals surface area contributed by atoms with Gasteiger partial charge in [0.05, 0.1) is 5.92 Å². The van der Waals surface area contributed by atoms with Crippen molar-refractivity contribution in [2.24, 2.45) is 0 Å². The minimum atomic E-state index is -0.585. The van der Waals surface area contributed by atoms with E-state index in [9.17, 15) is 4.79 Å². The lowest BCUT2D eigenvalue weighted by Crippen LogP contribution is -2.18. The lowest BCUT2D eigenvalue weighted by Gasteiger charge is -2.24. The zero-order chi connectivity index (χ0) is 23.7. The van der Waals surface area contributed by atoms with E-state index in [0.717, 1.165) is 32.7 Å². The van der Waals surface area contributed by atoms with Gasteiger partial charge in [0.15, 0.2) is 6.10 Å². The van der Waals surface area contributed by atoms with Crippen molar-refractivity contribution in [1.29, 1.82) is 0 Å². The van der Waals surface area contributed by atoms with Crippen molar-refractivity contribution in [1.82, 2.24) is 0 Å². The number of carbonyl (C=O) groups excluding carboxylic acids is 1. The Morgan fingerprint density at radius 3 is 1.76 bits per heavy atom. The third-order valence-electron chi connectivity index (χ3n) is 6.23. The van der Waals surface area contributed by atoms with E-state index in [1.54, 1.807) is 25.1 Å². The summed E-state index contributed by atoms with van der Waals surface area (Å²) in [4.78, 5) is 13.5. The van der Waals surface area contributed by atoms with E-state index in [0.29, 0.717) is 15.6 Å². The topological polar surface area (TPSA) is 26.3 Å². The van der Waals surface area contributed by atoms with Gasteiger partial charge < -0.3 is 4.74 Å². The lowest BCUT2D eigenvalue weighted by molar-refractivity contribution is -0.148. The first-order valence-electron chi connectivity index (χ1n) is 11.1. The van der Waals surface area contributed by atoms with Crippen LogP contribution >= 0.6 is 23.2 Å². The summed E-state index contributed by atoms with van der Waals surface area (Å²) in [5.41, 5.74) is 2.57. The number of rotatable bonds is 5. The maximum absolute atomic E-state index is 13.5. The SMILES string of the molecule is C[C@@H](C(=O)OC(c1cccc2ccccc12)c1cccc2ccccc12)c1ccc(Cl)cc1Cl. The molecule has 0 aliphatic heterocycles. The molecule has 0 unspecified atom stereocenters. The molecule has 0 radical (unpaired) electrons. The molecule has 0 saturated carbocycles. The molecular weight excluding hydrogens is 463 g/mol. The van der Waals surface area contributed by atoms with E-state index >= 15 is 0 Å². The molecule has 0 aliphatic carbocycles. The number of ether oxygens (including phenoxy) is 1. The van der Waals surface area contributed by atoms with Gasteiger partial charge in [0.2, 0.25) is 0 Å². The maximum Gasteiger partial charge on any atom is 0.314 e. The molecule has 0 N–H and O–H groups in total. The van der Waals surface area contributed by atoms with Gasteiger partial charge in [0.1, 0.15) is 0 Å². The molecule has 0 saturated heterocycles. The van der Waals surface area contributed by atoms with Crippen LogP contribution in [-0.4, -0.2) is 5.97 Å². The highest BCUT2D eigenvalue weighted by atomic mass is 35.5. The molecule has 34 heavy (non-hydrogen) atoms. The summed E-state index contributed by atoms with van der Waals surface area (Å²) >= 11 is 12.5. The Labute approximate surface area is 208 Å². The number of hydrogen-bond donors (Lipinski definition) is 0. The molecule has 0 aromatic heterocycles. The van der Waals surface area contributed by atoms with Gasteiger partial charge >= 0.3 is 5.97 Å². The number of benzene rings is 5. The van der Waals surface area contributed by atoms with E-state index in [-0.39, 0.29) is 5.97 Å². The molecule has 5 aromatic carbocycles. The highest BCUT2D eigenvalue weighted by Gasteiger charge is 2.27. The Balaban J connectivity index is 1.63. The fourth-order valence-electron chi connectivity index (χ4n) is 4.45. The summed E-state index contributed by atoms with van der Waals surface area (Å²) in [5.74, 6) is -0.910. The molecule has 0 aliphatic rings. The quantitative estimate of drug-likeness (QED) is 0.233.